The average Bonchev–Trinajstić information content (AvgIpc) is 2.59. The fraction of sp³-hybridized carbons (Fsp3) is 0.316. The summed E-state index contributed by atoms with van der Waals surface area (Å²) < 4.78 is 0. The van der Waals surface area contributed by atoms with Gasteiger partial charge in [0.1, 0.15) is 6.04 Å². The molecule has 3 rings (SSSR count). The van der Waals surface area contributed by atoms with Gasteiger partial charge in [0.15, 0.2) is 0 Å². The van der Waals surface area contributed by atoms with Gasteiger partial charge >= 0.3 is 0 Å². The van der Waals surface area contributed by atoms with Crippen LogP contribution < -0.4 is 10.6 Å². The van der Waals surface area contributed by atoms with Crippen molar-refractivity contribution in [2.75, 3.05) is 4.90 Å². The van der Waals surface area contributed by atoms with Gasteiger partial charge in [-0.15, -0.1) is 0 Å². The van der Waals surface area contributed by atoms with Crippen LogP contribution in [0.25, 0.3) is 0 Å². The SMILES string of the molecule is CCc1ccc([C@@H]2[C@H](N)C(=O)N2c2ccc(CC)cc2)cc1. The molecule has 114 valence electrons. The number of β-lactam (4-membered cyclic amide) rings is 1. The second-order valence-electron chi connectivity index (χ2n) is 5.79. The van der Waals surface area contributed by atoms with Crippen LogP contribution in [-0.4, -0.2) is 11.9 Å². The highest BCUT2D eigenvalue weighted by atomic mass is 16.2. The van der Waals surface area contributed by atoms with E-state index >= 15 is 0 Å². The number of hydrogen-bond acceptors (Lipinski definition) is 2. The lowest BCUT2D eigenvalue weighted by atomic mass is 9.87. The number of carbonyl (C=O) groups excluding carboxylic acids is 1. The maximum Gasteiger partial charge on any atom is 0.247 e. The van der Waals surface area contributed by atoms with Crippen LogP contribution in [0.15, 0.2) is 48.5 Å². The first-order valence-electron chi connectivity index (χ1n) is 7.92. The van der Waals surface area contributed by atoms with Gasteiger partial charge in [-0.25, -0.2) is 0 Å². The molecule has 0 bridgehead atoms. The molecule has 3 nitrogen and oxygen atoms in total. The number of rotatable bonds is 4. The molecule has 2 aromatic carbocycles. The predicted molar refractivity (Wildman–Crippen MR) is 89.8 cm³/mol. The third-order valence-corrected chi connectivity index (χ3v) is 4.49. The molecule has 0 unspecified atom stereocenters. The van der Waals surface area contributed by atoms with E-state index in [0.29, 0.717) is 0 Å². The molecule has 1 fully saturated rings. The summed E-state index contributed by atoms with van der Waals surface area (Å²) in [5.41, 5.74) is 10.6. The molecule has 0 aliphatic carbocycles. The summed E-state index contributed by atoms with van der Waals surface area (Å²) in [4.78, 5) is 14.0. The number of anilines is 1. The van der Waals surface area contributed by atoms with Crippen LogP contribution in [0.5, 0.6) is 0 Å². The van der Waals surface area contributed by atoms with Gasteiger partial charge in [0.25, 0.3) is 0 Å². The normalized spacial score (nSPS) is 20.9. The first kappa shape index (κ1) is 14.8. The van der Waals surface area contributed by atoms with E-state index in [9.17, 15) is 4.79 Å². The Morgan fingerprint density at radius 2 is 1.41 bits per heavy atom. The van der Waals surface area contributed by atoms with Gasteiger partial charge in [0, 0.05) is 5.69 Å². The van der Waals surface area contributed by atoms with Crippen LogP contribution in [0.1, 0.15) is 36.6 Å². The van der Waals surface area contributed by atoms with Crippen LogP contribution >= 0.6 is 0 Å². The van der Waals surface area contributed by atoms with E-state index in [1.807, 2.05) is 17.0 Å². The Bertz CT molecular complexity index is 661. The number of benzene rings is 2. The monoisotopic (exact) mass is 294 g/mol. The topological polar surface area (TPSA) is 46.3 Å². The lowest BCUT2D eigenvalue weighted by Gasteiger charge is -2.45. The summed E-state index contributed by atoms with van der Waals surface area (Å²) in [5, 5.41) is 0. The van der Waals surface area contributed by atoms with E-state index < -0.39 is 6.04 Å². The molecule has 2 N–H and O–H groups in total. The minimum Gasteiger partial charge on any atom is -0.318 e. The Labute approximate surface area is 131 Å². The molecule has 1 aliphatic rings. The van der Waals surface area contributed by atoms with E-state index in [0.717, 1.165) is 24.1 Å². The molecular weight excluding hydrogens is 272 g/mol. The maximum atomic E-state index is 12.2. The highest BCUT2D eigenvalue weighted by molar-refractivity contribution is 6.05. The fourth-order valence-electron chi connectivity index (χ4n) is 3.00. The lowest BCUT2D eigenvalue weighted by Crippen LogP contribution is -2.63. The Hall–Kier alpha value is -2.13. The summed E-state index contributed by atoms with van der Waals surface area (Å²) in [7, 11) is 0. The van der Waals surface area contributed by atoms with Gasteiger partial charge in [0.2, 0.25) is 5.91 Å². The largest absolute Gasteiger partial charge is 0.318 e. The highest BCUT2D eigenvalue weighted by Crippen LogP contribution is 2.38. The van der Waals surface area contributed by atoms with Crippen molar-refractivity contribution in [1.29, 1.82) is 0 Å². The number of carbonyl (C=O) groups is 1. The van der Waals surface area contributed by atoms with E-state index in [1.54, 1.807) is 0 Å². The van der Waals surface area contributed by atoms with Gasteiger partial charge in [0.05, 0.1) is 6.04 Å². The first-order valence-corrected chi connectivity index (χ1v) is 7.92. The minimum absolute atomic E-state index is 0.00573. The van der Waals surface area contributed by atoms with Gasteiger partial charge in [-0.2, -0.15) is 0 Å². The summed E-state index contributed by atoms with van der Waals surface area (Å²) in [6.07, 6.45) is 2.01. The van der Waals surface area contributed by atoms with E-state index in [4.69, 9.17) is 5.73 Å². The lowest BCUT2D eigenvalue weighted by molar-refractivity contribution is -0.126. The Balaban J connectivity index is 1.89. The zero-order valence-corrected chi connectivity index (χ0v) is 13.1. The van der Waals surface area contributed by atoms with Gasteiger partial charge in [-0.1, -0.05) is 50.2 Å². The molecule has 1 amide bonds. The van der Waals surface area contributed by atoms with Crippen molar-refractivity contribution < 1.29 is 4.79 Å². The van der Waals surface area contributed by atoms with Gasteiger partial charge in [-0.3, -0.25) is 4.79 Å². The fourth-order valence-corrected chi connectivity index (χ4v) is 3.00. The molecule has 0 radical (unpaired) electrons. The molecule has 0 aromatic heterocycles. The quantitative estimate of drug-likeness (QED) is 0.880. The molecule has 22 heavy (non-hydrogen) atoms. The van der Waals surface area contributed by atoms with Crippen molar-refractivity contribution in [2.45, 2.75) is 38.8 Å². The van der Waals surface area contributed by atoms with Crippen LogP contribution in [-0.2, 0) is 17.6 Å². The Morgan fingerprint density at radius 1 is 0.909 bits per heavy atom. The maximum absolute atomic E-state index is 12.2. The summed E-state index contributed by atoms with van der Waals surface area (Å²) in [6.45, 7) is 4.26. The first-order chi connectivity index (χ1) is 10.7. The van der Waals surface area contributed by atoms with Crippen molar-refractivity contribution >= 4 is 11.6 Å². The van der Waals surface area contributed by atoms with E-state index in [1.165, 1.54) is 11.1 Å². The zero-order chi connectivity index (χ0) is 15.7. The van der Waals surface area contributed by atoms with Crippen LogP contribution in [0, 0.1) is 0 Å². The molecule has 1 heterocycles. The summed E-state index contributed by atoms with van der Waals surface area (Å²) in [6, 6.07) is 16.1. The molecular formula is C19H22N2O. The van der Waals surface area contributed by atoms with Crippen LogP contribution in [0.4, 0.5) is 5.69 Å². The summed E-state index contributed by atoms with van der Waals surface area (Å²) in [5.74, 6) is -0.00573. The Morgan fingerprint density at radius 3 is 1.91 bits per heavy atom. The minimum atomic E-state index is -0.446. The molecule has 0 spiro atoms. The Kier molecular flexibility index (Phi) is 3.99. The second kappa shape index (κ2) is 5.93. The number of aryl methyl sites for hydroxylation is 2. The highest BCUT2D eigenvalue weighted by Gasteiger charge is 2.46. The van der Waals surface area contributed by atoms with Crippen LogP contribution in [0.3, 0.4) is 0 Å². The van der Waals surface area contributed by atoms with Gasteiger partial charge in [-0.05, 0) is 41.7 Å². The van der Waals surface area contributed by atoms with Crippen molar-refractivity contribution in [3.63, 3.8) is 0 Å². The third kappa shape index (κ3) is 2.42. The number of nitrogens with two attached hydrogens (primary N) is 1. The second-order valence-corrected chi connectivity index (χ2v) is 5.79. The van der Waals surface area contributed by atoms with E-state index in [-0.39, 0.29) is 11.9 Å². The molecule has 1 aliphatic heterocycles. The zero-order valence-electron chi connectivity index (χ0n) is 13.1. The molecule has 2 atom stereocenters. The summed E-state index contributed by atoms with van der Waals surface area (Å²) >= 11 is 0. The van der Waals surface area contributed by atoms with Crippen molar-refractivity contribution in [2.24, 2.45) is 5.73 Å². The van der Waals surface area contributed by atoms with Crippen molar-refractivity contribution in [3.05, 3.63) is 65.2 Å². The van der Waals surface area contributed by atoms with Crippen LogP contribution in [0.2, 0.25) is 0 Å². The van der Waals surface area contributed by atoms with Crippen molar-refractivity contribution in [1.82, 2.24) is 0 Å². The number of amides is 1. The number of hydrogen-bond donors (Lipinski definition) is 1. The number of nitrogens with zero attached hydrogens (tertiary/aromatic N) is 1. The smallest absolute Gasteiger partial charge is 0.247 e. The molecule has 2 aromatic rings. The van der Waals surface area contributed by atoms with Crippen molar-refractivity contribution in [3.8, 4) is 0 Å². The van der Waals surface area contributed by atoms with Gasteiger partial charge < -0.3 is 10.6 Å². The predicted octanol–water partition coefficient (Wildman–Crippen LogP) is 3.23. The standard InChI is InChI=1S/C19H22N2O/c1-3-13-5-9-15(10-6-13)18-17(20)19(22)21(18)16-11-7-14(4-2)8-12-16/h5-12,17-18H,3-4,20H2,1-2H3/t17-,18+/m0/s1. The average molecular weight is 294 g/mol. The molecule has 3 heteroatoms. The molecule has 1 saturated heterocycles. The van der Waals surface area contributed by atoms with E-state index in [2.05, 4.69) is 50.2 Å². The third-order valence-electron chi connectivity index (χ3n) is 4.49. The molecule has 0 saturated carbocycles.